The third-order valence-electron chi connectivity index (χ3n) is 4.14. The molecular formula is C21H20N2O5S2. The molecule has 0 fully saturated rings. The average Bonchev–Trinajstić information content (AvgIpc) is 3.12. The maximum absolute atomic E-state index is 12.5. The van der Waals surface area contributed by atoms with Gasteiger partial charge in [0.15, 0.2) is 0 Å². The average molecular weight is 445 g/mol. The zero-order chi connectivity index (χ0) is 21.7. The molecule has 0 spiro atoms. The fourth-order valence-corrected chi connectivity index (χ4v) is 4.57. The number of hydrogen-bond acceptors (Lipinski definition) is 6. The number of carbonyl (C=O) groups excluding carboxylic acids is 2. The summed E-state index contributed by atoms with van der Waals surface area (Å²) in [5.41, 5.74) is 2.44. The van der Waals surface area contributed by atoms with E-state index < -0.39 is 22.0 Å². The highest BCUT2D eigenvalue weighted by atomic mass is 32.2. The summed E-state index contributed by atoms with van der Waals surface area (Å²) in [5.74, 6) is -0.603. The molecular weight excluding hydrogens is 424 g/mol. The summed E-state index contributed by atoms with van der Waals surface area (Å²) in [6, 6.07) is 14.3. The number of nitrogens with one attached hydrogen (secondary N) is 2. The Balaban J connectivity index is 1.87. The van der Waals surface area contributed by atoms with E-state index in [4.69, 9.17) is 4.74 Å². The molecule has 0 atom stereocenters. The minimum atomic E-state index is -4.06. The van der Waals surface area contributed by atoms with E-state index in [0.29, 0.717) is 5.56 Å². The zero-order valence-electron chi connectivity index (χ0n) is 16.3. The molecule has 156 valence electrons. The summed E-state index contributed by atoms with van der Waals surface area (Å²) in [5, 5.41) is 4.38. The first-order valence-electron chi connectivity index (χ1n) is 9.06. The van der Waals surface area contributed by atoms with Gasteiger partial charge in [-0.3, -0.25) is 5.32 Å². The summed E-state index contributed by atoms with van der Waals surface area (Å²) >= 11 is 1.11. The maximum atomic E-state index is 12.5. The van der Waals surface area contributed by atoms with Gasteiger partial charge in [0.2, 0.25) is 0 Å². The van der Waals surface area contributed by atoms with Gasteiger partial charge < -0.3 is 4.74 Å². The van der Waals surface area contributed by atoms with Gasteiger partial charge in [-0.2, -0.15) is 0 Å². The van der Waals surface area contributed by atoms with Gasteiger partial charge in [-0.25, -0.2) is 22.7 Å². The second-order valence-corrected chi connectivity index (χ2v) is 8.87. The van der Waals surface area contributed by atoms with Crippen molar-refractivity contribution in [3.05, 3.63) is 71.1 Å². The molecule has 0 aliphatic carbocycles. The van der Waals surface area contributed by atoms with Gasteiger partial charge in [0.05, 0.1) is 11.5 Å². The lowest BCUT2D eigenvalue weighted by Crippen LogP contribution is -2.34. The molecule has 30 heavy (non-hydrogen) atoms. The molecule has 2 amide bonds. The van der Waals surface area contributed by atoms with Gasteiger partial charge in [0.25, 0.3) is 10.0 Å². The van der Waals surface area contributed by atoms with Crippen LogP contribution in [0.5, 0.6) is 0 Å². The highest BCUT2D eigenvalue weighted by Gasteiger charge is 2.24. The largest absolute Gasteiger partial charge is 0.462 e. The quantitative estimate of drug-likeness (QED) is 0.549. The van der Waals surface area contributed by atoms with Crippen LogP contribution in [0.2, 0.25) is 0 Å². The molecule has 0 radical (unpaired) electrons. The van der Waals surface area contributed by atoms with Crippen molar-refractivity contribution >= 4 is 38.4 Å². The Labute approximate surface area is 178 Å². The molecule has 1 aromatic heterocycles. The highest BCUT2D eigenvalue weighted by Crippen LogP contribution is 2.36. The third-order valence-corrected chi connectivity index (χ3v) is 6.38. The van der Waals surface area contributed by atoms with Crippen molar-refractivity contribution in [1.29, 1.82) is 0 Å². The van der Waals surface area contributed by atoms with Gasteiger partial charge in [0, 0.05) is 10.9 Å². The molecule has 0 bridgehead atoms. The monoisotopic (exact) mass is 444 g/mol. The number of aryl methyl sites for hydroxylation is 1. The van der Waals surface area contributed by atoms with Crippen molar-refractivity contribution in [2.24, 2.45) is 0 Å². The molecule has 3 aromatic rings. The molecule has 2 aromatic carbocycles. The number of esters is 1. The Hall–Kier alpha value is -3.17. The number of anilines is 1. The summed E-state index contributed by atoms with van der Waals surface area (Å²) < 4.78 is 32.0. The van der Waals surface area contributed by atoms with Crippen LogP contribution in [0.25, 0.3) is 11.1 Å². The summed E-state index contributed by atoms with van der Waals surface area (Å²) in [6.45, 7) is 3.67. The number of sulfonamides is 1. The van der Waals surface area contributed by atoms with Crippen molar-refractivity contribution < 1.29 is 22.7 Å². The molecule has 2 N–H and O–H groups in total. The van der Waals surface area contributed by atoms with Gasteiger partial charge in [-0.1, -0.05) is 48.0 Å². The molecule has 9 heteroatoms. The molecule has 0 unspecified atom stereocenters. The van der Waals surface area contributed by atoms with E-state index in [1.807, 2.05) is 42.0 Å². The van der Waals surface area contributed by atoms with Crippen molar-refractivity contribution in [3.8, 4) is 11.1 Å². The number of hydrogen-bond donors (Lipinski definition) is 2. The minimum absolute atomic E-state index is 0.0370. The van der Waals surface area contributed by atoms with E-state index in [0.717, 1.165) is 22.5 Å². The van der Waals surface area contributed by atoms with Gasteiger partial charge >= 0.3 is 12.0 Å². The standard InChI is InChI=1S/C21H20N2O5S2/c1-3-28-20(24)18-17(15-7-5-4-6-8-15)13-29-19(18)22-21(25)23-30(26,27)16-11-9-14(2)10-12-16/h4-13H,3H2,1-2H3,(H2,22,23,25). The lowest BCUT2D eigenvalue weighted by atomic mass is 10.0. The van der Waals surface area contributed by atoms with Crippen LogP contribution in [0, 0.1) is 6.92 Å². The Morgan fingerprint density at radius 3 is 2.33 bits per heavy atom. The normalized spacial score (nSPS) is 11.0. The second-order valence-electron chi connectivity index (χ2n) is 6.31. The van der Waals surface area contributed by atoms with E-state index in [1.165, 1.54) is 12.1 Å². The van der Waals surface area contributed by atoms with E-state index in [2.05, 4.69) is 5.32 Å². The predicted molar refractivity (Wildman–Crippen MR) is 116 cm³/mol. The number of carbonyl (C=O) groups is 2. The summed E-state index contributed by atoms with van der Waals surface area (Å²) in [7, 11) is -4.06. The number of amides is 2. The van der Waals surface area contributed by atoms with Crippen LogP contribution in [-0.4, -0.2) is 27.0 Å². The fourth-order valence-electron chi connectivity index (χ4n) is 2.71. The first kappa shape index (κ1) is 21.5. The first-order chi connectivity index (χ1) is 14.3. The van der Waals surface area contributed by atoms with Crippen molar-refractivity contribution in [2.45, 2.75) is 18.7 Å². The smallest absolute Gasteiger partial charge is 0.341 e. The van der Waals surface area contributed by atoms with Crippen LogP contribution in [0.15, 0.2) is 64.9 Å². The lowest BCUT2D eigenvalue weighted by Gasteiger charge is -2.10. The first-order valence-corrected chi connectivity index (χ1v) is 11.4. The van der Waals surface area contributed by atoms with Crippen LogP contribution < -0.4 is 10.0 Å². The summed E-state index contributed by atoms with van der Waals surface area (Å²) in [6.07, 6.45) is 0. The van der Waals surface area contributed by atoms with Crippen molar-refractivity contribution in [2.75, 3.05) is 11.9 Å². The molecule has 0 aliphatic heterocycles. The van der Waals surface area contributed by atoms with E-state index >= 15 is 0 Å². The molecule has 0 saturated carbocycles. The van der Waals surface area contributed by atoms with Crippen molar-refractivity contribution in [3.63, 3.8) is 0 Å². The van der Waals surface area contributed by atoms with Crippen LogP contribution >= 0.6 is 11.3 Å². The van der Waals surface area contributed by atoms with E-state index in [1.54, 1.807) is 24.4 Å². The second kappa shape index (κ2) is 9.10. The fraction of sp³-hybridized carbons (Fsp3) is 0.143. The van der Waals surface area contributed by atoms with Crippen LogP contribution in [-0.2, 0) is 14.8 Å². The molecule has 1 heterocycles. The number of ether oxygens (including phenoxy) is 1. The Bertz CT molecular complexity index is 1150. The summed E-state index contributed by atoms with van der Waals surface area (Å²) in [4.78, 5) is 24.9. The predicted octanol–water partition coefficient (Wildman–Crippen LogP) is 4.41. The highest BCUT2D eigenvalue weighted by molar-refractivity contribution is 7.90. The number of thiophene rings is 1. The zero-order valence-corrected chi connectivity index (χ0v) is 18.0. The lowest BCUT2D eigenvalue weighted by molar-refractivity contribution is 0.0529. The molecule has 0 saturated heterocycles. The Kier molecular flexibility index (Phi) is 6.53. The van der Waals surface area contributed by atoms with Crippen LogP contribution in [0.4, 0.5) is 9.80 Å². The SMILES string of the molecule is CCOC(=O)c1c(-c2ccccc2)csc1NC(=O)NS(=O)(=O)c1ccc(C)cc1. The molecule has 3 rings (SSSR count). The van der Waals surface area contributed by atoms with E-state index in [9.17, 15) is 18.0 Å². The van der Waals surface area contributed by atoms with Gasteiger partial charge in [-0.05, 0) is 31.5 Å². The molecule has 7 nitrogen and oxygen atoms in total. The van der Waals surface area contributed by atoms with Crippen LogP contribution in [0.3, 0.4) is 0 Å². The third kappa shape index (κ3) is 4.87. The topological polar surface area (TPSA) is 102 Å². The maximum Gasteiger partial charge on any atom is 0.341 e. The van der Waals surface area contributed by atoms with Crippen LogP contribution in [0.1, 0.15) is 22.8 Å². The number of benzene rings is 2. The molecule has 0 aliphatic rings. The van der Waals surface area contributed by atoms with Gasteiger partial charge in [0.1, 0.15) is 10.6 Å². The Morgan fingerprint density at radius 2 is 1.70 bits per heavy atom. The van der Waals surface area contributed by atoms with Gasteiger partial charge in [-0.15, -0.1) is 11.3 Å². The number of rotatable bonds is 6. The van der Waals surface area contributed by atoms with E-state index in [-0.39, 0.29) is 22.1 Å². The minimum Gasteiger partial charge on any atom is -0.462 e. The van der Waals surface area contributed by atoms with Crippen molar-refractivity contribution in [1.82, 2.24) is 4.72 Å². The number of urea groups is 1. The Morgan fingerprint density at radius 1 is 1.03 bits per heavy atom.